The Hall–Kier alpha value is -2.49. The normalized spacial score (nSPS) is 11.3. The van der Waals surface area contributed by atoms with Crippen molar-refractivity contribution in [2.24, 2.45) is 10.7 Å². The highest BCUT2D eigenvalue weighted by Crippen LogP contribution is 2.20. The summed E-state index contributed by atoms with van der Waals surface area (Å²) in [5.74, 6) is 1.30. The molecule has 0 atom stereocenters. The van der Waals surface area contributed by atoms with Crippen molar-refractivity contribution in [3.05, 3.63) is 65.2 Å². The minimum atomic E-state index is 0.457. The molecule has 4 heteroatoms. The Balaban J connectivity index is 1.85. The standard InChI is InChI=1S/C18H23N3O/c1-14-8-9-16(17(12-14)22-2)13-21-18(19)20-11-10-15-6-4-3-5-7-15/h3-9,12H,10-11,13H2,1-2H3,(H3,19,20,21). The van der Waals surface area contributed by atoms with E-state index in [-0.39, 0.29) is 0 Å². The highest BCUT2D eigenvalue weighted by Gasteiger charge is 2.02. The second kappa shape index (κ2) is 8.08. The molecule has 2 aromatic carbocycles. The van der Waals surface area contributed by atoms with E-state index in [1.165, 1.54) is 11.1 Å². The lowest BCUT2D eigenvalue weighted by molar-refractivity contribution is 0.409. The summed E-state index contributed by atoms with van der Waals surface area (Å²) in [4.78, 5) is 4.37. The number of aryl methyl sites for hydroxylation is 1. The summed E-state index contributed by atoms with van der Waals surface area (Å²) < 4.78 is 5.37. The van der Waals surface area contributed by atoms with Crippen molar-refractivity contribution >= 4 is 5.96 Å². The summed E-state index contributed by atoms with van der Waals surface area (Å²) in [5, 5.41) is 3.14. The van der Waals surface area contributed by atoms with Crippen molar-refractivity contribution in [2.75, 3.05) is 13.7 Å². The molecule has 0 saturated heterocycles. The van der Waals surface area contributed by atoms with Crippen molar-refractivity contribution in [3.8, 4) is 5.75 Å². The zero-order valence-corrected chi connectivity index (χ0v) is 13.2. The molecule has 0 heterocycles. The molecule has 0 aliphatic carbocycles. The van der Waals surface area contributed by atoms with Gasteiger partial charge in [0.05, 0.1) is 13.7 Å². The monoisotopic (exact) mass is 297 g/mol. The van der Waals surface area contributed by atoms with Gasteiger partial charge in [-0.1, -0.05) is 42.5 Å². The Labute approximate surface area is 132 Å². The average molecular weight is 297 g/mol. The summed E-state index contributed by atoms with van der Waals surface area (Å²) in [5.41, 5.74) is 9.38. The fraction of sp³-hybridized carbons (Fsp3) is 0.278. The van der Waals surface area contributed by atoms with Gasteiger partial charge in [-0.3, -0.25) is 0 Å². The van der Waals surface area contributed by atoms with E-state index in [9.17, 15) is 0 Å². The van der Waals surface area contributed by atoms with Crippen LogP contribution in [0.15, 0.2) is 53.5 Å². The second-order valence-corrected chi connectivity index (χ2v) is 5.18. The first-order valence-electron chi connectivity index (χ1n) is 7.40. The number of benzene rings is 2. The predicted octanol–water partition coefficient (Wildman–Crippen LogP) is 2.65. The van der Waals surface area contributed by atoms with E-state index in [1.54, 1.807) is 7.11 Å². The van der Waals surface area contributed by atoms with E-state index < -0.39 is 0 Å². The van der Waals surface area contributed by atoms with Gasteiger partial charge < -0.3 is 15.8 Å². The largest absolute Gasteiger partial charge is 0.496 e. The van der Waals surface area contributed by atoms with E-state index in [0.717, 1.165) is 24.3 Å². The van der Waals surface area contributed by atoms with Crippen molar-refractivity contribution < 1.29 is 4.74 Å². The second-order valence-electron chi connectivity index (χ2n) is 5.18. The first-order valence-corrected chi connectivity index (χ1v) is 7.40. The van der Waals surface area contributed by atoms with E-state index in [0.29, 0.717) is 12.5 Å². The van der Waals surface area contributed by atoms with Crippen LogP contribution in [-0.4, -0.2) is 19.6 Å². The number of rotatable bonds is 6. The topological polar surface area (TPSA) is 59.6 Å². The third kappa shape index (κ3) is 4.81. The summed E-state index contributed by atoms with van der Waals surface area (Å²) in [6.07, 6.45) is 0.922. The van der Waals surface area contributed by atoms with Gasteiger partial charge in [-0.25, -0.2) is 4.99 Å². The van der Waals surface area contributed by atoms with Crippen LogP contribution in [0, 0.1) is 6.92 Å². The Kier molecular flexibility index (Phi) is 5.83. The van der Waals surface area contributed by atoms with Gasteiger partial charge in [0.2, 0.25) is 0 Å². The van der Waals surface area contributed by atoms with Crippen LogP contribution in [0.5, 0.6) is 5.75 Å². The van der Waals surface area contributed by atoms with Crippen LogP contribution in [-0.2, 0) is 13.0 Å². The molecule has 0 amide bonds. The number of guanidine groups is 1. The maximum atomic E-state index is 5.91. The first kappa shape index (κ1) is 15.9. The van der Waals surface area contributed by atoms with Crippen LogP contribution in [0.3, 0.4) is 0 Å². The lowest BCUT2D eigenvalue weighted by atomic mass is 10.1. The van der Waals surface area contributed by atoms with Gasteiger partial charge in [0.25, 0.3) is 0 Å². The van der Waals surface area contributed by atoms with Gasteiger partial charge in [0.1, 0.15) is 5.75 Å². The molecular formula is C18H23N3O. The van der Waals surface area contributed by atoms with E-state index in [2.05, 4.69) is 22.4 Å². The summed E-state index contributed by atoms with van der Waals surface area (Å²) >= 11 is 0. The zero-order chi connectivity index (χ0) is 15.8. The molecule has 0 radical (unpaired) electrons. The zero-order valence-electron chi connectivity index (χ0n) is 13.2. The molecular weight excluding hydrogens is 274 g/mol. The quantitative estimate of drug-likeness (QED) is 0.636. The van der Waals surface area contributed by atoms with Gasteiger partial charge in [0, 0.05) is 12.1 Å². The van der Waals surface area contributed by atoms with Crippen LogP contribution in [0.25, 0.3) is 0 Å². The number of nitrogens with two attached hydrogens (primary N) is 1. The predicted molar refractivity (Wildman–Crippen MR) is 91.2 cm³/mol. The third-order valence-electron chi connectivity index (χ3n) is 3.42. The lowest BCUT2D eigenvalue weighted by Crippen LogP contribution is -2.33. The molecule has 116 valence electrons. The third-order valence-corrected chi connectivity index (χ3v) is 3.42. The van der Waals surface area contributed by atoms with Crippen molar-refractivity contribution in [3.63, 3.8) is 0 Å². The fourth-order valence-electron chi connectivity index (χ4n) is 2.19. The summed E-state index contributed by atoms with van der Waals surface area (Å²) in [6.45, 7) is 3.31. The van der Waals surface area contributed by atoms with Crippen molar-refractivity contribution in [1.82, 2.24) is 5.32 Å². The molecule has 4 nitrogen and oxygen atoms in total. The minimum Gasteiger partial charge on any atom is -0.496 e. The molecule has 0 aliphatic rings. The maximum absolute atomic E-state index is 5.91. The van der Waals surface area contributed by atoms with Gasteiger partial charge in [-0.2, -0.15) is 0 Å². The number of nitrogens with one attached hydrogen (secondary N) is 1. The highest BCUT2D eigenvalue weighted by atomic mass is 16.5. The molecule has 0 saturated carbocycles. The molecule has 2 aromatic rings. The van der Waals surface area contributed by atoms with Gasteiger partial charge in [0.15, 0.2) is 5.96 Å². The average Bonchev–Trinajstić information content (AvgIpc) is 2.54. The molecule has 0 unspecified atom stereocenters. The summed E-state index contributed by atoms with van der Waals surface area (Å²) in [6, 6.07) is 16.4. The smallest absolute Gasteiger partial charge is 0.188 e. The molecule has 22 heavy (non-hydrogen) atoms. The number of hydrogen-bond acceptors (Lipinski definition) is 2. The number of aliphatic imine (C=N–C) groups is 1. The molecule has 2 rings (SSSR count). The number of hydrogen-bond donors (Lipinski definition) is 2. The number of methoxy groups -OCH3 is 1. The molecule has 0 bridgehead atoms. The van der Waals surface area contributed by atoms with E-state index in [4.69, 9.17) is 10.5 Å². The van der Waals surface area contributed by atoms with Crippen LogP contribution in [0.2, 0.25) is 0 Å². The van der Waals surface area contributed by atoms with Gasteiger partial charge >= 0.3 is 0 Å². The first-order chi connectivity index (χ1) is 10.7. The maximum Gasteiger partial charge on any atom is 0.188 e. The lowest BCUT2D eigenvalue weighted by Gasteiger charge is -2.09. The van der Waals surface area contributed by atoms with Crippen molar-refractivity contribution in [2.45, 2.75) is 19.9 Å². The van der Waals surface area contributed by atoms with Crippen LogP contribution >= 0.6 is 0 Å². The van der Waals surface area contributed by atoms with E-state index >= 15 is 0 Å². The Morgan fingerprint density at radius 2 is 1.95 bits per heavy atom. The molecule has 0 fully saturated rings. The number of nitrogens with zero attached hydrogens (tertiary/aromatic N) is 1. The molecule has 0 aliphatic heterocycles. The highest BCUT2D eigenvalue weighted by molar-refractivity contribution is 5.77. The fourth-order valence-corrected chi connectivity index (χ4v) is 2.19. The van der Waals surface area contributed by atoms with E-state index in [1.807, 2.05) is 43.3 Å². The SMILES string of the molecule is COc1cc(C)ccc1CN=C(N)NCCc1ccccc1. The Morgan fingerprint density at radius 3 is 2.68 bits per heavy atom. The number of ether oxygens (including phenoxy) is 1. The van der Waals surface area contributed by atoms with Crippen molar-refractivity contribution in [1.29, 1.82) is 0 Å². The molecule has 0 aromatic heterocycles. The minimum absolute atomic E-state index is 0.457. The van der Waals surface area contributed by atoms with Gasteiger partial charge in [-0.15, -0.1) is 0 Å². The molecule has 0 spiro atoms. The van der Waals surface area contributed by atoms with Crippen LogP contribution in [0.4, 0.5) is 0 Å². The van der Waals surface area contributed by atoms with Crippen LogP contribution < -0.4 is 15.8 Å². The summed E-state index contributed by atoms with van der Waals surface area (Å²) in [7, 11) is 1.67. The molecule has 3 N–H and O–H groups in total. The van der Waals surface area contributed by atoms with Crippen LogP contribution in [0.1, 0.15) is 16.7 Å². The Morgan fingerprint density at radius 1 is 1.18 bits per heavy atom. The van der Waals surface area contributed by atoms with Gasteiger partial charge in [-0.05, 0) is 30.5 Å². The Bertz CT molecular complexity index is 623.